The Morgan fingerprint density at radius 1 is 1.14 bits per heavy atom. The summed E-state index contributed by atoms with van der Waals surface area (Å²) in [6.07, 6.45) is 0. The standard InChI is InChI=1S/C16H15BrF2N2O/c1-21(9-11-2-4-12(17)5-3-11)10-16(22)20-13-6-7-14(18)15(19)8-13/h2-8H,9-10H2,1H3,(H,20,22). The van der Waals surface area contributed by atoms with Crippen molar-refractivity contribution in [2.24, 2.45) is 0 Å². The minimum atomic E-state index is -0.985. The van der Waals surface area contributed by atoms with E-state index in [1.165, 1.54) is 6.07 Å². The van der Waals surface area contributed by atoms with Crippen LogP contribution in [0.25, 0.3) is 0 Å². The molecular formula is C16H15BrF2N2O. The lowest BCUT2D eigenvalue weighted by molar-refractivity contribution is -0.117. The van der Waals surface area contributed by atoms with Crippen molar-refractivity contribution in [3.8, 4) is 0 Å². The summed E-state index contributed by atoms with van der Waals surface area (Å²) in [7, 11) is 1.81. The Morgan fingerprint density at radius 3 is 2.45 bits per heavy atom. The van der Waals surface area contributed by atoms with E-state index in [0.717, 1.165) is 22.2 Å². The van der Waals surface area contributed by atoms with E-state index in [-0.39, 0.29) is 18.1 Å². The molecule has 0 bridgehead atoms. The molecule has 0 atom stereocenters. The third-order valence-corrected chi connectivity index (χ3v) is 3.51. The number of benzene rings is 2. The van der Waals surface area contributed by atoms with Crippen LogP contribution in [0.15, 0.2) is 46.9 Å². The Bertz CT molecular complexity index is 662. The molecule has 1 N–H and O–H groups in total. The van der Waals surface area contributed by atoms with Crippen LogP contribution < -0.4 is 5.32 Å². The van der Waals surface area contributed by atoms with Gasteiger partial charge in [-0.25, -0.2) is 8.78 Å². The van der Waals surface area contributed by atoms with Crippen LogP contribution >= 0.6 is 15.9 Å². The molecule has 2 aromatic rings. The fourth-order valence-corrected chi connectivity index (χ4v) is 2.24. The molecule has 22 heavy (non-hydrogen) atoms. The zero-order valence-corrected chi connectivity index (χ0v) is 13.5. The lowest BCUT2D eigenvalue weighted by Gasteiger charge is -2.16. The van der Waals surface area contributed by atoms with E-state index in [4.69, 9.17) is 0 Å². The van der Waals surface area contributed by atoms with Crippen molar-refractivity contribution in [2.45, 2.75) is 6.54 Å². The number of amides is 1. The predicted octanol–water partition coefficient (Wildman–Crippen LogP) is 3.80. The summed E-state index contributed by atoms with van der Waals surface area (Å²) < 4.78 is 26.9. The molecule has 2 rings (SSSR count). The summed E-state index contributed by atoms with van der Waals surface area (Å²) in [5.41, 5.74) is 1.31. The minimum absolute atomic E-state index is 0.148. The number of halogens is 3. The van der Waals surface area contributed by atoms with Crippen LogP contribution in [0.2, 0.25) is 0 Å². The van der Waals surface area contributed by atoms with Crippen molar-refractivity contribution in [2.75, 3.05) is 18.9 Å². The third kappa shape index (κ3) is 4.89. The van der Waals surface area contributed by atoms with Gasteiger partial charge < -0.3 is 5.32 Å². The second-order valence-electron chi connectivity index (χ2n) is 4.98. The Kier molecular flexibility index (Phi) is 5.63. The van der Waals surface area contributed by atoms with E-state index < -0.39 is 11.6 Å². The van der Waals surface area contributed by atoms with Gasteiger partial charge in [-0.1, -0.05) is 28.1 Å². The lowest BCUT2D eigenvalue weighted by atomic mass is 10.2. The molecule has 0 saturated carbocycles. The van der Waals surface area contributed by atoms with Gasteiger partial charge in [-0.2, -0.15) is 0 Å². The maximum absolute atomic E-state index is 13.1. The predicted molar refractivity (Wildman–Crippen MR) is 85.5 cm³/mol. The van der Waals surface area contributed by atoms with Crippen molar-refractivity contribution in [3.63, 3.8) is 0 Å². The fraction of sp³-hybridized carbons (Fsp3) is 0.188. The molecule has 116 valence electrons. The van der Waals surface area contributed by atoms with Crippen molar-refractivity contribution >= 4 is 27.5 Å². The van der Waals surface area contributed by atoms with Crippen LogP contribution in [-0.2, 0) is 11.3 Å². The molecule has 0 aromatic heterocycles. The molecule has 6 heteroatoms. The minimum Gasteiger partial charge on any atom is -0.325 e. The Morgan fingerprint density at radius 2 is 1.82 bits per heavy atom. The van der Waals surface area contributed by atoms with Crippen molar-refractivity contribution in [1.29, 1.82) is 0 Å². The molecule has 2 aromatic carbocycles. The van der Waals surface area contributed by atoms with E-state index in [9.17, 15) is 13.6 Å². The number of carbonyl (C=O) groups is 1. The number of rotatable bonds is 5. The van der Waals surface area contributed by atoms with E-state index in [2.05, 4.69) is 21.2 Å². The second kappa shape index (κ2) is 7.47. The Labute approximate surface area is 136 Å². The topological polar surface area (TPSA) is 32.3 Å². The normalized spacial score (nSPS) is 10.8. The summed E-state index contributed by atoms with van der Waals surface area (Å²) in [5, 5.41) is 2.54. The summed E-state index contributed by atoms with van der Waals surface area (Å²) >= 11 is 3.36. The van der Waals surface area contributed by atoms with Crippen molar-refractivity contribution in [1.82, 2.24) is 4.90 Å². The number of hydrogen-bond donors (Lipinski definition) is 1. The summed E-state index contributed by atoms with van der Waals surface area (Å²) in [4.78, 5) is 13.7. The molecule has 0 aliphatic rings. The number of nitrogens with one attached hydrogen (secondary N) is 1. The first-order valence-corrected chi connectivity index (χ1v) is 7.41. The average Bonchev–Trinajstić information content (AvgIpc) is 2.45. The first-order chi connectivity index (χ1) is 10.4. The molecule has 0 unspecified atom stereocenters. The number of likely N-dealkylation sites (N-methyl/N-ethyl adjacent to an activating group) is 1. The van der Waals surface area contributed by atoms with Gasteiger partial charge in [0.05, 0.1) is 6.54 Å². The van der Waals surface area contributed by atoms with Gasteiger partial charge in [0, 0.05) is 22.8 Å². The van der Waals surface area contributed by atoms with Crippen LogP contribution in [0.3, 0.4) is 0 Å². The van der Waals surface area contributed by atoms with Crippen LogP contribution in [0.4, 0.5) is 14.5 Å². The smallest absolute Gasteiger partial charge is 0.238 e. The van der Waals surface area contributed by atoms with Crippen LogP contribution in [0.1, 0.15) is 5.56 Å². The van der Waals surface area contributed by atoms with E-state index in [0.29, 0.717) is 6.54 Å². The molecule has 0 radical (unpaired) electrons. The zero-order valence-electron chi connectivity index (χ0n) is 11.9. The third-order valence-electron chi connectivity index (χ3n) is 2.98. The number of carbonyl (C=O) groups excluding carboxylic acids is 1. The Balaban J connectivity index is 1.88. The van der Waals surface area contributed by atoms with Gasteiger partial charge in [0.15, 0.2) is 11.6 Å². The maximum atomic E-state index is 13.1. The quantitative estimate of drug-likeness (QED) is 0.870. The molecule has 0 spiro atoms. The maximum Gasteiger partial charge on any atom is 0.238 e. The van der Waals surface area contributed by atoms with Gasteiger partial charge in [0.25, 0.3) is 0 Å². The zero-order chi connectivity index (χ0) is 16.1. The summed E-state index contributed by atoms with van der Waals surface area (Å²) in [5.74, 6) is -2.21. The SMILES string of the molecule is CN(CC(=O)Nc1ccc(F)c(F)c1)Cc1ccc(Br)cc1. The van der Waals surface area contributed by atoms with Gasteiger partial charge >= 0.3 is 0 Å². The van der Waals surface area contributed by atoms with E-state index in [1.54, 1.807) is 0 Å². The number of nitrogens with zero attached hydrogens (tertiary/aromatic N) is 1. The van der Waals surface area contributed by atoms with Crippen molar-refractivity contribution in [3.05, 3.63) is 64.1 Å². The van der Waals surface area contributed by atoms with E-state index >= 15 is 0 Å². The number of hydrogen-bond acceptors (Lipinski definition) is 2. The molecule has 0 aliphatic heterocycles. The second-order valence-corrected chi connectivity index (χ2v) is 5.89. The van der Waals surface area contributed by atoms with E-state index in [1.807, 2.05) is 36.2 Å². The fourth-order valence-electron chi connectivity index (χ4n) is 1.98. The van der Waals surface area contributed by atoms with Gasteiger partial charge in [-0.15, -0.1) is 0 Å². The van der Waals surface area contributed by atoms with Crippen molar-refractivity contribution < 1.29 is 13.6 Å². The molecule has 0 fully saturated rings. The van der Waals surface area contributed by atoms with Gasteiger partial charge in [0.2, 0.25) is 5.91 Å². The first kappa shape index (κ1) is 16.6. The highest BCUT2D eigenvalue weighted by atomic mass is 79.9. The lowest BCUT2D eigenvalue weighted by Crippen LogP contribution is -2.29. The highest BCUT2D eigenvalue weighted by molar-refractivity contribution is 9.10. The first-order valence-electron chi connectivity index (χ1n) is 6.62. The highest BCUT2D eigenvalue weighted by Gasteiger charge is 2.09. The van der Waals surface area contributed by atoms with Crippen LogP contribution in [0.5, 0.6) is 0 Å². The summed E-state index contributed by atoms with van der Waals surface area (Å²) in [6, 6.07) is 11.1. The van der Waals surface area contributed by atoms with Gasteiger partial charge in [0.1, 0.15) is 0 Å². The molecule has 0 aliphatic carbocycles. The molecule has 0 heterocycles. The highest BCUT2D eigenvalue weighted by Crippen LogP contribution is 2.14. The van der Waals surface area contributed by atoms with Crippen LogP contribution in [-0.4, -0.2) is 24.4 Å². The largest absolute Gasteiger partial charge is 0.325 e. The summed E-state index contributed by atoms with van der Waals surface area (Å²) in [6.45, 7) is 0.757. The monoisotopic (exact) mass is 368 g/mol. The van der Waals surface area contributed by atoms with Gasteiger partial charge in [-0.05, 0) is 36.9 Å². The molecule has 0 saturated heterocycles. The molecular weight excluding hydrogens is 354 g/mol. The molecule has 3 nitrogen and oxygen atoms in total. The Hall–Kier alpha value is -1.79. The number of anilines is 1. The van der Waals surface area contributed by atoms with Gasteiger partial charge in [-0.3, -0.25) is 9.69 Å². The van der Waals surface area contributed by atoms with Crippen LogP contribution in [0, 0.1) is 11.6 Å². The molecule has 1 amide bonds. The average molecular weight is 369 g/mol.